The molecule has 0 unspecified atom stereocenters. The van der Waals surface area contributed by atoms with Crippen LogP contribution in [0, 0.1) is 0 Å². The van der Waals surface area contributed by atoms with Gasteiger partial charge in [-0.15, -0.1) is 11.3 Å². The Kier molecular flexibility index (Phi) is 5.84. The number of sulfonamides is 1. The van der Waals surface area contributed by atoms with E-state index in [2.05, 4.69) is 4.90 Å². The number of nitrogens with zero attached hydrogens (tertiary/aromatic N) is 3. The van der Waals surface area contributed by atoms with E-state index in [4.69, 9.17) is 4.74 Å². The highest BCUT2D eigenvalue weighted by molar-refractivity contribution is 7.89. The van der Waals surface area contributed by atoms with Crippen molar-refractivity contribution >= 4 is 27.3 Å². The van der Waals surface area contributed by atoms with Crippen LogP contribution in [0.2, 0.25) is 0 Å². The van der Waals surface area contributed by atoms with Crippen molar-refractivity contribution in [3.63, 3.8) is 0 Å². The van der Waals surface area contributed by atoms with E-state index in [9.17, 15) is 13.2 Å². The molecule has 1 saturated carbocycles. The van der Waals surface area contributed by atoms with Gasteiger partial charge >= 0.3 is 0 Å². The van der Waals surface area contributed by atoms with Crippen LogP contribution in [0.3, 0.4) is 0 Å². The fourth-order valence-corrected chi connectivity index (χ4v) is 7.06. The number of hydrogen-bond donors (Lipinski definition) is 0. The summed E-state index contributed by atoms with van der Waals surface area (Å²) in [6, 6.07) is 2.23. The van der Waals surface area contributed by atoms with Crippen LogP contribution in [0.5, 0.6) is 0 Å². The molecule has 3 fully saturated rings. The molecule has 1 aromatic rings. The number of piperazine rings is 1. The van der Waals surface area contributed by atoms with Crippen LogP contribution in [0.15, 0.2) is 16.3 Å². The molecular weight excluding hydrogens is 386 g/mol. The molecule has 0 bridgehead atoms. The SMILES string of the molecule is O=C(c1sccc1S(=O)(=O)N1CCOCC1)N1CCN(C2CCCC2)CC1. The third-order valence-corrected chi connectivity index (χ3v) is 8.83. The van der Waals surface area contributed by atoms with E-state index in [1.165, 1.54) is 41.3 Å². The van der Waals surface area contributed by atoms with Crippen molar-refractivity contribution in [1.29, 1.82) is 0 Å². The monoisotopic (exact) mass is 413 g/mol. The van der Waals surface area contributed by atoms with Gasteiger partial charge in [-0.2, -0.15) is 4.31 Å². The smallest absolute Gasteiger partial charge is 0.265 e. The van der Waals surface area contributed by atoms with Gasteiger partial charge in [0.1, 0.15) is 9.77 Å². The molecule has 27 heavy (non-hydrogen) atoms. The summed E-state index contributed by atoms with van der Waals surface area (Å²) >= 11 is 1.23. The maximum atomic E-state index is 13.0. The Morgan fingerprint density at radius 3 is 2.37 bits per heavy atom. The van der Waals surface area contributed by atoms with Crippen molar-refractivity contribution in [2.24, 2.45) is 0 Å². The van der Waals surface area contributed by atoms with Gasteiger partial charge in [-0.3, -0.25) is 9.69 Å². The van der Waals surface area contributed by atoms with Crippen LogP contribution >= 0.6 is 11.3 Å². The molecule has 9 heteroatoms. The van der Waals surface area contributed by atoms with Crippen LogP contribution in [0.1, 0.15) is 35.4 Å². The van der Waals surface area contributed by atoms with Gasteiger partial charge in [-0.1, -0.05) is 12.8 Å². The first-order valence-corrected chi connectivity index (χ1v) is 12.1. The summed E-state index contributed by atoms with van der Waals surface area (Å²) in [6.07, 6.45) is 5.14. The topological polar surface area (TPSA) is 70.2 Å². The minimum absolute atomic E-state index is 0.150. The predicted octanol–water partition coefficient (Wildman–Crippen LogP) is 1.47. The second-order valence-corrected chi connectivity index (χ2v) is 10.2. The molecule has 4 rings (SSSR count). The van der Waals surface area contributed by atoms with E-state index in [0.29, 0.717) is 50.3 Å². The van der Waals surface area contributed by atoms with Crippen molar-refractivity contribution in [1.82, 2.24) is 14.1 Å². The molecule has 0 radical (unpaired) electrons. The van der Waals surface area contributed by atoms with Crippen molar-refractivity contribution in [3.05, 3.63) is 16.3 Å². The third kappa shape index (κ3) is 3.93. The second kappa shape index (κ2) is 8.16. The van der Waals surface area contributed by atoms with E-state index >= 15 is 0 Å². The Bertz CT molecular complexity index is 759. The molecule has 2 saturated heterocycles. The van der Waals surface area contributed by atoms with Gasteiger partial charge in [0.15, 0.2) is 0 Å². The van der Waals surface area contributed by atoms with Crippen LogP contribution in [0.4, 0.5) is 0 Å². The fraction of sp³-hybridized carbons (Fsp3) is 0.722. The molecule has 0 N–H and O–H groups in total. The molecule has 0 spiro atoms. The summed E-state index contributed by atoms with van der Waals surface area (Å²) in [5.41, 5.74) is 0. The largest absolute Gasteiger partial charge is 0.379 e. The average molecular weight is 414 g/mol. The number of carbonyl (C=O) groups is 1. The zero-order valence-corrected chi connectivity index (χ0v) is 17.1. The predicted molar refractivity (Wildman–Crippen MR) is 104 cm³/mol. The lowest BCUT2D eigenvalue weighted by Crippen LogP contribution is -2.51. The number of carbonyl (C=O) groups excluding carboxylic acids is 1. The first-order chi connectivity index (χ1) is 13.1. The minimum Gasteiger partial charge on any atom is -0.379 e. The zero-order chi connectivity index (χ0) is 18.9. The van der Waals surface area contributed by atoms with Gasteiger partial charge < -0.3 is 9.64 Å². The van der Waals surface area contributed by atoms with Crippen molar-refractivity contribution in [2.45, 2.75) is 36.6 Å². The summed E-state index contributed by atoms with van der Waals surface area (Å²) < 4.78 is 32.6. The fourth-order valence-electron chi connectivity index (χ4n) is 4.29. The Morgan fingerprint density at radius 1 is 1.04 bits per heavy atom. The average Bonchev–Trinajstić information content (AvgIpc) is 3.40. The third-order valence-electron chi connectivity index (χ3n) is 5.85. The summed E-state index contributed by atoms with van der Waals surface area (Å²) in [6.45, 7) is 4.58. The second-order valence-electron chi connectivity index (χ2n) is 7.40. The maximum Gasteiger partial charge on any atom is 0.265 e. The minimum atomic E-state index is -3.65. The van der Waals surface area contributed by atoms with Crippen LogP contribution in [-0.2, 0) is 14.8 Å². The van der Waals surface area contributed by atoms with Crippen molar-refractivity contribution in [2.75, 3.05) is 52.5 Å². The lowest BCUT2D eigenvalue weighted by molar-refractivity contribution is 0.0574. The summed E-state index contributed by atoms with van der Waals surface area (Å²) in [5, 5.41) is 1.70. The van der Waals surface area contributed by atoms with E-state index in [1.807, 2.05) is 4.90 Å². The summed E-state index contributed by atoms with van der Waals surface area (Å²) in [4.78, 5) is 17.9. The summed E-state index contributed by atoms with van der Waals surface area (Å²) in [5.74, 6) is -0.150. The quantitative estimate of drug-likeness (QED) is 0.748. The Labute approximate surface area is 164 Å². The Morgan fingerprint density at radius 2 is 1.70 bits per heavy atom. The first kappa shape index (κ1) is 19.3. The molecule has 3 aliphatic rings. The van der Waals surface area contributed by atoms with Crippen molar-refractivity contribution < 1.29 is 17.9 Å². The molecule has 1 aliphatic carbocycles. The summed E-state index contributed by atoms with van der Waals surface area (Å²) in [7, 11) is -3.65. The number of rotatable bonds is 4. The van der Waals surface area contributed by atoms with Gasteiger partial charge in [0, 0.05) is 45.3 Å². The van der Waals surface area contributed by atoms with Gasteiger partial charge in [-0.05, 0) is 24.3 Å². The van der Waals surface area contributed by atoms with Gasteiger partial charge in [0.25, 0.3) is 5.91 Å². The molecule has 3 heterocycles. The molecule has 0 atom stereocenters. The number of amides is 1. The highest BCUT2D eigenvalue weighted by Gasteiger charge is 2.34. The highest BCUT2D eigenvalue weighted by Crippen LogP contribution is 2.29. The van der Waals surface area contributed by atoms with Gasteiger partial charge in [-0.25, -0.2) is 8.42 Å². The standard InChI is InChI=1S/C18H27N3O4S2/c22-18(20-8-6-19(7-9-20)15-3-1-2-4-15)17-16(5-14-26-17)27(23,24)21-10-12-25-13-11-21/h5,14-15H,1-4,6-13H2. The first-order valence-electron chi connectivity index (χ1n) is 9.76. The number of hydrogen-bond acceptors (Lipinski definition) is 6. The normalized spacial score (nSPS) is 23.8. The number of ether oxygens (including phenoxy) is 1. The van der Waals surface area contributed by atoms with E-state index in [1.54, 1.807) is 11.4 Å². The Balaban J connectivity index is 1.45. The molecule has 150 valence electrons. The molecule has 0 aromatic carbocycles. The van der Waals surface area contributed by atoms with E-state index < -0.39 is 10.0 Å². The molecule has 1 amide bonds. The van der Waals surface area contributed by atoms with Gasteiger partial charge in [0.05, 0.1) is 13.2 Å². The van der Waals surface area contributed by atoms with Gasteiger partial charge in [0.2, 0.25) is 10.0 Å². The highest BCUT2D eigenvalue weighted by atomic mass is 32.2. The van der Waals surface area contributed by atoms with Crippen LogP contribution in [0.25, 0.3) is 0 Å². The van der Waals surface area contributed by atoms with E-state index in [-0.39, 0.29) is 10.8 Å². The maximum absolute atomic E-state index is 13.0. The van der Waals surface area contributed by atoms with E-state index in [0.717, 1.165) is 13.1 Å². The number of thiophene rings is 1. The lowest BCUT2D eigenvalue weighted by atomic mass is 10.2. The lowest BCUT2D eigenvalue weighted by Gasteiger charge is -2.38. The molecular formula is C18H27N3O4S2. The number of morpholine rings is 1. The van der Waals surface area contributed by atoms with Crippen LogP contribution < -0.4 is 0 Å². The molecule has 2 aliphatic heterocycles. The Hall–Kier alpha value is -1.00. The van der Waals surface area contributed by atoms with Crippen molar-refractivity contribution in [3.8, 4) is 0 Å². The molecule has 7 nitrogen and oxygen atoms in total. The molecule has 1 aromatic heterocycles. The van der Waals surface area contributed by atoms with Crippen LogP contribution in [-0.4, -0.2) is 87.0 Å². The zero-order valence-electron chi connectivity index (χ0n) is 15.5.